The molecule has 5 aliphatic carbocycles. The van der Waals surface area contributed by atoms with E-state index >= 15 is 0 Å². The zero-order valence-electron chi connectivity index (χ0n) is 33.2. The average molecular weight is 783 g/mol. The molecule has 7 rings (SSSR count). The number of carbonyl (C=O) groups is 1. The second-order valence-corrected chi connectivity index (χ2v) is 19.6. The lowest BCUT2D eigenvalue weighted by molar-refractivity contribution is -0.366. The van der Waals surface area contributed by atoms with Crippen LogP contribution in [0.2, 0.25) is 0 Å². The Morgan fingerprint density at radius 2 is 1.55 bits per heavy atom. The smallest absolute Gasteiger partial charge is 0.330 e. The number of aliphatic carboxylic acids is 1. The normalized spacial score (nSPS) is 53.7. The molecule has 0 aromatic heterocycles. The predicted molar refractivity (Wildman–Crippen MR) is 195 cm³/mol. The van der Waals surface area contributed by atoms with Gasteiger partial charge in [0.05, 0.1) is 31.5 Å². The number of hydrogen-bond acceptors (Lipinski definition) is 13. The predicted octanol–water partition coefficient (Wildman–Crippen LogP) is 1.46. The summed E-state index contributed by atoms with van der Waals surface area (Å²) < 4.78 is 24.2. The van der Waals surface area contributed by atoms with Gasteiger partial charge in [-0.25, -0.2) is 4.79 Å². The van der Waals surface area contributed by atoms with Crippen LogP contribution in [0.25, 0.3) is 0 Å². The molecular formula is C41H66O14. The van der Waals surface area contributed by atoms with Crippen molar-refractivity contribution < 1.29 is 69.7 Å². The highest BCUT2D eigenvalue weighted by Gasteiger charge is 2.85. The van der Waals surface area contributed by atoms with Crippen LogP contribution in [0.4, 0.5) is 0 Å². The van der Waals surface area contributed by atoms with Crippen molar-refractivity contribution in [3.63, 3.8) is 0 Å². The fourth-order valence-corrected chi connectivity index (χ4v) is 13.9. The molecule has 14 heteroatoms. The third-order valence-corrected chi connectivity index (χ3v) is 17.2. The number of aliphatic hydroxyl groups is 8. The minimum atomic E-state index is -1.71. The van der Waals surface area contributed by atoms with E-state index in [2.05, 4.69) is 34.6 Å². The maximum atomic E-state index is 12.4. The van der Waals surface area contributed by atoms with Gasteiger partial charge in [0.2, 0.25) is 0 Å². The largest absolute Gasteiger partial charge is 0.478 e. The molecular weight excluding hydrogens is 716 g/mol. The number of carboxylic acids is 1. The van der Waals surface area contributed by atoms with Crippen LogP contribution < -0.4 is 0 Å². The van der Waals surface area contributed by atoms with E-state index in [4.69, 9.17) is 18.9 Å². The number of allylic oxidation sites excluding steroid dienone is 1. The summed E-state index contributed by atoms with van der Waals surface area (Å²) in [7, 11) is 0. The number of rotatable bonds is 10. The summed E-state index contributed by atoms with van der Waals surface area (Å²) in [6, 6.07) is 0. The molecule has 20 atom stereocenters. The SMILES string of the molecule is C/C(=C\CC[C@@H](C)[C@@H]1C[C@H](O)[C@@]2(C)[C@@H]3CC[C@H]4C(C)(C)[C@@H](O[C@@H]5OC[C@H](O)[C@H](O)[C@H]5O[C@@H]5O[C@@H](CO)[C@H](O)[C@@H](O)[C@@H]5O)CC[C@@]45C[C@@]35C[C@@H](O)[C@]12C)C(=O)O. The lowest BCUT2D eigenvalue weighted by Gasteiger charge is -2.65. The van der Waals surface area contributed by atoms with Gasteiger partial charge in [0.25, 0.3) is 0 Å². The number of aliphatic hydroxyl groups excluding tert-OH is 8. The van der Waals surface area contributed by atoms with Gasteiger partial charge in [-0.1, -0.05) is 40.7 Å². The Kier molecular flexibility index (Phi) is 11.0. The third kappa shape index (κ3) is 6.05. The minimum Gasteiger partial charge on any atom is -0.478 e. The molecule has 0 unspecified atom stereocenters. The number of ether oxygens (including phenoxy) is 4. The first-order valence-electron chi connectivity index (χ1n) is 20.6. The fourth-order valence-electron chi connectivity index (χ4n) is 13.9. The maximum absolute atomic E-state index is 12.4. The van der Waals surface area contributed by atoms with Crippen LogP contribution in [0.5, 0.6) is 0 Å². The van der Waals surface area contributed by atoms with Gasteiger partial charge < -0.3 is 64.9 Å². The van der Waals surface area contributed by atoms with Gasteiger partial charge in [0, 0.05) is 16.4 Å². The quantitative estimate of drug-likeness (QED) is 0.113. The second-order valence-electron chi connectivity index (χ2n) is 19.6. The zero-order chi connectivity index (χ0) is 40.2. The van der Waals surface area contributed by atoms with Crippen molar-refractivity contribution in [3.8, 4) is 0 Å². The topological polar surface area (TPSA) is 236 Å². The minimum absolute atomic E-state index is 0.0392. The molecule has 0 amide bonds. The van der Waals surface area contributed by atoms with Crippen molar-refractivity contribution in [3.05, 3.63) is 11.6 Å². The molecule has 2 saturated heterocycles. The number of carboxylic acid groups (broad SMARTS) is 1. The van der Waals surface area contributed by atoms with E-state index in [0.717, 1.165) is 32.1 Å². The Morgan fingerprint density at radius 1 is 0.855 bits per heavy atom. The summed E-state index contributed by atoms with van der Waals surface area (Å²) in [5.74, 6) is -0.172. The van der Waals surface area contributed by atoms with Crippen LogP contribution in [-0.2, 0) is 23.7 Å². The first kappa shape index (κ1) is 41.9. The highest BCUT2D eigenvalue weighted by molar-refractivity contribution is 5.85. The van der Waals surface area contributed by atoms with Crippen molar-refractivity contribution in [1.82, 2.24) is 0 Å². The first-order valence-corrected chi connectivity index (χ1v) is 20.6. The van der Waals surface area contributed by atoms with Crippen LogP contribution in [0, 0.1) is 50.7 Å². The summed E-state index contributed by atoms with van der Waals surface area (Å²) in [5, 5.41) is 96.3. The average Bonchev–Trinajstić information content (AvgIpc) is 3.73. The molecule has 0 bridgehead atoms. The second kappa shape index (κ2) is 14.5. The van der Waals surface area contributed by atoms with Crippen LogP contribution in [0.15, 0.2) is 11.6 Å². The fraction of sp³-hybridized carbons (Fsp3) is 0.927. The molecule has 0 aromatic rings. The van der Waals surface area contributed by atoms with Gasteiger partial charge in [-0.15, -0.1) is 0 Å². The van der Waals surface area contributed by atoms with Crippen LogP contribution in [0.1, 0.15) is 99.3 Å². The van der Waals surface area contributed by atoms with E-state index in [0.29, 0.717) is 31.3 Å². The molecule has 0 radical (unpaired) electrons. The molecule has 9 N–H and O–H groups in total. The molecule has 2 heterocycles. The Labute approximate surface area is 323 Å². The summed E-state index contributed by atoms with van der Waals surface area (Å²) in [5.41, 5.74) is -1.21. The van der Waals surface area contributed by atoms with Gasteiger partial charge >= 0.3 is 5.97 Å². The van der Waals surface area contributed by atoms with Crippen LogP contribution in [0.3, 0.4) is 0 Å². The molecule has 314 valence electrons. The molecule has 0 aromatic carbocycles. The van der Waals surface area contributed by atoms with Crippen molar-refractivity contribution in [2.45, 2.75) is 173 Å². The van der Waals surface area contributed by atoms with E-state index in [1.807, 2.05) is 0 Å². The summed E-state index contributed by atoms with van der Waals surface area (Å²) in [6.07, 6.45) is -5.78. The summed E-state index contributed by atoms with van der Waals surface area (Å²) >= 11 is 0. The van der Waals surface area contributed by atoms with Crippen molar-refractivity contribution in [1.29, 1.82) is 0 Å². The van der Waals surface area contributed by atoms with E-state index in [9.17, 15) is 50.8 Å². The number of fused-ring (bicyclic) bond motifs is 2. The highest BCUT2D eigenvalue weighted by atomic mass is 16.8. The maximum Gasteiger partial charge on any atom is 0.330 e. The summed E-state index contributed by atoms with van der Waals surface area (Å²) in [4.78, 5) is 11.4. The molecule has 2 aliphatic heterocycles. The number of hydrogen-bond donors (Lipinski definition) is 9. The van der Waals surface area contributed by atoms with E-state index in [1.165, 1.54) is 0 Å². The van der Waals surface area contributed by atoms with Crippen molar-refractivity contribution in [2.75, 3.05) is 13.2 Å². The van der Waals surface area contributed by atoms with Gasteiger partial charge in [-0.2, -0.15) is 0 Å². The molecule has 5 saturated carbocycles. The van der Waals surface area contributed by atoms with Gasteiger partial charge in [0.1, 0.15) is 42.7 Å². The molecule has 7 aliphatic rings. The highest BCUT2D eigenvalue weighted by Crippen LogP contribution is 2.89. The van der Waals surface area contributed by atoms with E-state index in [-0.39, 0.29) is 52.6 Å². The summed E-state index contributed by atoms with van der Waals surface area (Å²) in [6.45, 7) is 11.8. The van der Waals surface area contributed by atoms with E-state index < -0.39 is 90.9 Å². The molecule has 7 fully saturated rings. The van der Waals surface area contributed by atoms with Gasteiger partial charge in [-0.3, -0.25) is 0 Å². The van der Waals surface area contributed by atoms with E-state index in [1.54, 1.807) is 13.0 Å². The van der Waals surface area contributed by atoms with Gasteiger partial charge in [-0.05, 0) is 105 Å². The van der Waals surface area contributed by atoms with Gasteiger partial charge in [0.15, 0.2) is 12.6 Å². The van der Waals surface area contributed by atoms with Crippen LogP contribution >= 0.6 is 0 Å². The van der Waals surface area contributed by atoms with Crippen LogP contribution in [-0.4, -0.2) is 139 Å². The first-order chi connectivity index (χ1) is 25.7. The Balaban J connectivity index is 1.08. The van der Waals surface area contributed by atoms with Crippen molar-refractivity contribution >= 4 is 5.97 Å². The lowest BCUT2D eigenvalue weighted by atomic mass is 9.40. The van der Waals surface area contributed by atoms with Crippen molar-refractivity contribution in [2.24, 2.45) is 50.7 Å². The Hall–Kier alpha value is -1.27. The Morgan fingerprint density at radius 3 is 2.22 bits per heavy atom. The Bertz CT molecular complexity index is 1470. The lowest BCUT2D eigenvalue weighted by Crippen LogP contribution is -2.65. The molecule has 55 heavy (non-hydrogen) atoms. The third-order valence-electron chi connectivity index (χ3n) is 17.2. The zero-order valence-corrected chi connectivity index (χ0v) is 33.2. The molecule has 2 spiro atoms. The monoisotopic (exact) mass is 782 g/mol. The molecule has 14 nitrogen and oxygen atoms in total. The standard InChI is InChI=1S/C41H66O14/c1-19(8-7-9-20(2)34(50)51)21-14-26(44)39(6)25-11-10-24-37(3,4)28(12-13-40(24)18-41(25,40)15-27(45)38(21,39)5)54-36-33(29(46)22(43)17-52-36)55-35-32(49)31(48)30(47)23(16-42)53-35/h9,19,21-33,35-36,42-49H,7-8,10-18H2,1-6H3,(H,50,51)/b20-9+/t19-,21+,22+,23+,24+,25+,26+,27-,28+,29+,30+,31-,32+,33-,35+,36+,38+,39-,40-,41+/m1/s1.